The molecule has 0 aromatic heterocycles. The summed E-state index contributed by atoms with van der Waals surface area (Å²) < 4.78 is 37.8. The summed E-state index contributed by atoms with van der Waals surface area (Å²) in [6.45, 7) is 6.29. The van der Waals surface area contributed by atoms with E-state index in [4.69, 9.17) is 32.6 Å². The molecule has 0 spiro atoms. The van der Waals surface area contributed by atoms with Gasteiger partial charge in [0.05, 0.1) is 24.7 Å². The maximum absolute atomic E-state index is 14.0. The summed E-state index contributed by atoms with van der Waals surface area (Å²) in [5.74, 6) is -5.11. The summed E-state index contributed by atoms with van der Waals surface area (Å²) in [4.78, 5) is 85.7. The van der Waals surface area contributed by atoms with Crippen molar-refractivity contribution in [2.75, 3.05) is 13.2 Å². The quantitative estimate of drug-likeness (QED) is 0.170. The predicted molar refractivity (Wildman–Crippen MR) is 162 cm³/mol. The van der Waals surface area contributed by atoms with Crippen LogP contribution in [0.15, 0.2) is 30.3 Å². The minimum absolute atomic E-state index is 0.140. The number of esters is 5. The second-order valence-electron chi connectivity index (χ2n) is 9.84. The van der Waals surface area contributed by atoms with Crippen molar-refractivity contribution in [2.24, 2.45) is 0 Å². The summed E-state index contributed by atoms with van der Waals surface area (Å²) in [5.41, 5.74) is 0.597. The number of thioether (sulfide) groups is 1. The molecule has 1 aromatic rings. The largest absolute Gasteiger partial charge is 0.462 e. The Bertz CT molecular complexity index is 1260. The van der Waals surface area contributed by atoms with Gasteiger partial charge in [-0.05, 0) is 24.2 Å². The van der Waals surface area contributed by atoms with E-state index in [9.17, 15) is 33.6 Å². The van der Waals surface area contributed by atoms with E-state index in [1.807, 2.05) is 0 Å². The Hall–Kier alpha value is -3.67. The molecule has 1 fully saturated rings. The zero-order valence-corrected chi connectivity index (χ0v) is 27.8. The number of benzene rings is 1. The van der Waals surface area contributed by atoms with Gasteiger partial charge >= 0.3 is 29.8 Å². The summed E-state index contributed by atoms with van der Waals surface area (Å²) in [6.07, 6.45) is -6.86. The normalized spacial score (nSPS) is 21.9. The van der Waals surface area contributed by atoms with E-state index < -0.39 is 88.6 Å². The second kappa shape index (κ2) is 18.5. The van der Waals surface area contributed by atoms with Gasteiger partial charge < -0.3 is 37.9 Å². The minimum Gasteiger partial charge on any atom is -0.462 e. The number of carbonyl (C=O) groups excluding carboxylic acids is 7. The number of carbonyl (C=O) groups is 7. The van der Waals surface area contributed by atoms with Crippen molar-refractivity contribution in [2.45, 2.75) is 90.0 Å². The average Bonchev–Trinajstić information content (AvgIpc) is 2.96. The highest BCUT2D eigenvalue weighted by atomic mass is 32.2. The van der Waals surface area contributed by atoms with Crippen LogP contribution in [0.1, 0.15) is 53.5 Å². The third-order valence-electron chi connectivity index (χ3n) is 6.02. The second-order valence-corrected chi connectivity index (χ2v) is 12.1. The summed E-state index contributed by atoms with van der Waals surface area (Å²) in [5, 5.41) is 2.58. The Balaban J connectivity index is 2.76. The van der Waals surface area contributed by atoms with Crippen LogP contribution >= 0.6 is 23.8 Å². The number of hydrogen-bond donors (Lipinski definition) is 1. The highest BCUT2D eigenvalue weighted by molar-refractivity contribution is 8.37. The Morgan fingerprint density at radius 1 is 0.913 bits per heavy atom. The van der Waals surface area contributed by atoms with Crippen molar-refractivity contribution in [3.8, 4) is 0 Å². The van der Waals surface area contributed by atoms with Crippen molar-refractivity contribution in [3.63, 3.8) is 0 Å². The molecule has 15 nitrogen and oxygen atoms in total. The molecule has 1 aliphatic rings. The van der Waals surface area contributed by atoms with E-state index >= 15 is 0 Å². The number of amides is 1. The topological polar surface area (TPSA) is 196 Å². The van der Waals surface area contributed by atoms with Gasteiger partial charge in [-0.2, -0.15) is 0 Å². The highest BCUT2D eigenvalue weighted by Gasteiger charge is 2.59. The molecule has 6 atom stereocenters. The van der Waals surface area contributed by atoms with Crippen LogP contribution in [0.25, 0.3) is 0 Å². The van der Waals surface area contributed by atoms with E-state index in [-0.39, 0.29) is 13.2 Å². The van der Waals surface area contributed by atoms with E-state index in [0.29, 0.717) is 29.4 Å². The third kappa shape index (κ3) is 12.3. The van der Waals surface area contributed by atoms with Gasteiger partial charge in [-0.1, -0.05) is 30.3 Å². The fourth-order valence-electron chi connectivity index (χ4n) is 4.44. The first-order valence-electron chi connectivity index (χ1n) is 14.0. The van der Waals surface area contributed by atoms with Gasteiger partial charge in [-0.25, -0.2) is 4.79 Å². The molecule has 2 rings (SSSR count). The first kappa shape index (κ1) is 38.5. The number of nitrogens with one attached hydrogen (secondary N) is 1. The van der Waals surface area contributed by atoms with E-state index in [2.05, 4.69) is 5.32 Å². The molecule has 1 amide bonds. The monoisotopic (exact) mass is 687 g/mol. The molecular formula is C29H37NO14S2. The molecule has 254 valence electrons. The number of ether oxygens (including phenoxy) is 6. The van der Waals surface area contributed by atoms with E-state index in [0.717, 1.165) is 34.6 Å². The molecular weight excluding hydrogens is 650 g/mol. The van der Waals surface area contributed by atoms with Gasteiger partial charge in [0.2, 0.25) is 10.8 Å². The lowest BCUT2D eigenvalue weighted by Gasteiger charge is -2.48. The van der Waals surface area contributed by atoms with Crippen LogP contribution in [0.5, 0.6) is 0 Å². The van der Waals surface area contributed by atoms with Gasteiger partial charge in [-0.15, -0.1) is 0 Å². The van der Waals surface area contributed by atoms with Crippen molar-refractivity contribution in [3.05, 3.63) is 35.9 Å². The Kier molecular flexibility index (Phi) is 15.5. The fraction of sp³-hybridized carbons (Fsp3) is 0.552. The Labute approximate surface area is 274 Å². The number of hydrogen-bond acceptors (Lipinski definition) is 16. The molecule has 0 aliphatic carbocycles. The lowest BCUT2D eigenvalue weighted by atomic mass is 9.89. The van der Waals surface area contributed by atoms with Crippen LogP contribution in [0.4, 0.5) is 4.79 Å². The first-order valence-corrected chi connectivity index (χ1v) is 15.6. The molecule has 0 bridgehead atoms. The van der Waals surface area contributed by atoms with Crippen molar-refractivity contribution >= 4 is 64.0 Å². The van der Waals surface area contributed by atoms with Crippen LogP contribution in [0.3, 0.4) is 0 Å². The van der Waals surface area contributed by atoms with Crippen LogP contribution in [-0.2, 0) is 68.0 Å². The maximum Gasteiger partial charge on any atom is 0.350 e. The molecule has 17 heteroatoms. The molecule has 0 unspecified atom stereocenters. The van der Waals surface area contributed by atoms with Crippen molar-refractivity contribution in [1.82, 2.24) is 5.32 Å². The van der Waals surface area contributed by atoms with Crippen LogP contribution in [0, 0.1) is 0 Å². The predicted octanol–water partition coefficient (Wildman–Crippen LogP) is 2.62. The minimum atomic E-state index is -2.30. The molecule has 0 saturated carbocycles. The maximum atomic E-state index is 14.0. The molecule has 46 heavy (non-hydrogen) atoms. The van der Waals surface area contributed by atoms with Gasteiger partial charge in [0.1, 0.15) is 25.4 Å². The summed E-state index contributed by atoms with van der Waals surface area (Å²) >= 11 is 0.772. The average molecular weight is 688 g/mol. The highest BCUT2D eigenvalue weighted by Crippen LogP contribution is 2.45. The van der Waals surface area contributed by atoms with Crippen LogP contribution < -0.4 is 5.32 Å². The molecule has 1 aromatic carbocycles. The molecule has 1 N–H and O–H groups in total. The van der Waals surface area contributed by atoms with Crippen molar-refractivity contribution < 1.29 is 66.2 Å². The zero-order chi connectivity index (χ0) is 34.4. The van der Waals surface area contributed by atoms with Gasteiger partial charge in [0.25, 0.3) is 4.45 Å². The SMILES string of the molecule is CCOSC(=O)S[C@]1(C(=O)OCc2ccccc2)C[C@H](OC(C)=O)[C@@H](NC(C)=O)[C@H]([C@H](OC(C)=O)[C@@H](COC(C)=O)OC(C)=O)O1. The van der Waals surface area contributed by atoms with Gasteiger partial charge in [0.15, 0.2) is 12.2 Å². The van der Waals surface area contributed by atoms with Gasteiger partial charge in [-0.3, -0.25) is 28.8 Å². The fourth-order valence-corrected chi connectivity index (χ4v) is 6.16. The van der Waals surface area contributed by atoms with Gasteiger partial charge in [0, 0.05) is 41.0 Å². The standard InChI is InChI=1S/C29H37NO14S2/c1-7-40-46-28(37)45-29(27(36)39-14-21-11-9-8-10-12-21)13-22(41-18(4)33)24(30-16(2)31)26(44-29)25(43-20(6)35)23(42-19(5)34)15-38-17(3)32/h8-12,22-26H,7,13-15H2,1-6H3,(H,30,31)/t22-,23+,24+,25+,26+,29-/m0/s1. The lowest BCUT2D eigenvalue weighted by molar-refractivity contribution is -0.225. The smallest absolute Gasteiger partial charge is 0.350 e. The first-order chi connectivity index (χ1) is 21.7. The lowest BCUT2D eigenvalue weighted by Crippen LogP contribution is -2.68. The third-order valence-corrected chi connectivity index (χ3v) is 7.89. The Morgan fingerprint density at radius 3 is 2.11 bits per heavy atom. The van der Waals surface area contributed by atoms with Crippen LogP contribution in [0.2, 0.25) is 0 Å². The van der Waals surface area contributed by atoms with Crippen LogP contribution in [-0.4, -0.2) is 88.8 Å². The molecule has 0 radical (unpaired) electrons. The Morgan fingerprint density at radius 2 is 1.57 bits per heavy atom. The summed E-state index contributed by atoms with van der Waals surface area (Å²) in [7, 11) is 0. The van der Waals surface area contributed by atoms with E-state index in [1.165, 1.54) is 0 Å². The number of rotatable bonds is 14. The van der Waals surface area contributed by atoms with E-state index in [1.54, 1.807) is 37.3 Å². The zero-order valence-electron chi connectivity index (χ0n) is 26.1. The molecule has 1 aliphatic heterocycles. The summed E-state index contributed by atoms with van der Waals surface area (Å²) in [6, 6.07) is 7.23. The van der Waals surface area contributed by atoms with Crippen molar-refractivity contribution in [1.29, 1.82) is 0 Å². The molecule has 1 saturated heterocycles. The molecule has 1 heterocycles.